The average Bonchev–Trinajstić information content (AvgIpc) is 2.26. The summed E-state index contributed by atoms with van der Waals surface area (Å²) in [4.78, 5) is 11.9. The first-order valence-corrected chi connectivity index (χ1v) is 5.88. The fourth-order valence-corrected chi connectivity index (χ4v) is 2.01. The van der Waals surface area contributed by atoms with Crippen molar-refractivity contribution < 1.29 is 9.53 Å². The van der Waals surface area contributed by atoms with E-state index < -0.39 is 5.60 Å². The SMILES string of the molecule is CC(C)(C)OC(=O)[C@H]1CCCCC[C@H]1N. The van der Waals surface area contributed by atoms with Gasteiger partial charge in [-0.3, -0.25) is 4.79 Å². The van der Waals surface area contributed by atoms with E-state index in [0.29, 0.717) is 0 Å². The van der Waals surface area contributed by atoms with Gasteiger partial charge in [-0.25, -0.2) is 0 Å². The Bertz CT molecular complexity index is 220. The zero-order valence-electron chi connectivity index (χ0n) is 10.1. The fraction of sp³-hybridized carbons (Fsp3) is 0.917. The van der Waals surface area contributed by atoms with Crippen LogP contribution < -0.4 is 5.73 Å². The van der Waals surface area contributed by atoms with Gasteiger partial charge in [0.25, 0.3) is 0 Å². The lowest BCUT2D eigenvalue weighted by Crippen LogP contribution is -2.38. The van der Waals surface area contributed by atoms with Crippen LogP contribution in [0.1, 0.15) is 52.9 Å². The maximum Gasteiger partial charge on any atom is 0.311 e. The molecule has 1 saturated carbocycles. The number of hydrogen-bond donors (Lipinski definition) is 1. The maximum atomic E-state index is 11.9. The van der Waals surface area contributed by atoms with Crippen LogP contribution in [0.4, 0.5) is 0 Å². The van der Waals surface area contributed by atoms with Crippen molar-refractivity contribution in [3.05, 3.63) is 0 Å². The lowest BCUT2D eigenvalue weighted by molar-refractivity contribution is -0.161. The molecule has 2 atom stereocenters. The van der Waals surface area contributed by atoms with Crippen molar-refractivity contribution in [1.82, 2.24) is 0 Å². The van der Waals surface area contributed by atoms with Gasteiger partial charge in [-0.1, -0.05) is 19.3 Å². The van der Waals surface area contributed by atoms with Crippen molar-refractivity contribution in [1.29, 1.82) is 0 Å². The lowest BCUT2D eigenvalue weighted by Gasteiger charge is -2.26. The van der Waals surface area contributed by atoms with Gasteiger partial charge >= 0.3 is 5.97 Å². The zero-order chi connectivity index (χ0) is 11.5. The van der Waals surface area contributed by atoms with E-state index >= 15 is 0 Å². The molecule has 3 heteroatoms. The summed E-state index contributed by atoms with van der Waals surface area (Å²) in [5.74, 6) is -0.205. The van der Waals surface area contributed by atoms with Crippen LogP contribution in [0.5, 0.6) is 0 Å². The predicted octanol–water partition coefficient (Wildman–Crippen LogP) is 2.24. The Labute approximate surface area is 92.4 Å². The quantitative estimate of drug-likeness (QED) is 0.537. The van der Waals surface area contributed by atoms with E-state index in [1.807, 2.05) is 20.8 Å². The number of hydrogen-bond acceptors (Lipinski definition) is 3. The summed E-state index contributed by atoms with van der Waals surface area (Å²) < 4.78 is 5.38. The Kier molecular flexibility index (Phi) is 4.14. The molecule has 1 rings (SSSR count). The minimum atomic E-state index is -0.400. The third-order valence-electron chi connectivity index (χ3n) is 2.78. The molecule has 15 heavy (non-hydrogen) atoms. The summed E-state index contributed by atoms with van der Waals surface area (Å²) in [6.07, 6.45) is 5.26. The summed E-state index contributed by atoms with van der Waals surface area (Å²) in [7, 11) is 0. The van der Waals surface area contributed by atoms with Crippen LogP contribution in [0.3, 0.4) is 0 Å². The monoisotopic (exact) mass is 213 g/mol. The lowest BCUT2D eigenvalue weighted by atomic mass is 9.95. The summed E-state index contributed by atoms with van der Waals surface area (Å²) in [5.41, 5.74) is 5.60. The molecule has 88 valence electrons. The summed E-state index contributed by atoms with van der Waals surface area (Å²) in [6, 6.07) is -0.0117. The Morgan fingerprint density at radius 1 is 1.20 bits per heavy atom. The summed E-state index contributed by atoms with van der Waals surface area (Å²) in [6.45, 7) is 5.69. The van der Waals surface area contributed by atoms with Crippen LogP contribution in [0, 0.1) is 5.92 Å². The fourth-order valence-electron chi connectivity index (χ4n) is 2.01. The zero-order valence-corrected chi connectivity index (χ0v) is 10.1. The molecule has 0 radical (unpaired) electrons. The molecule has 2 N–H and O–H groups in total. The van der Waals surface area contributed by atoms with E-state index in [1.165, 1.54) is 6.42 Å². The van der Waals surface area contributed by atoms with E-state index in [9.17, 15) is 4.79 Å². The number of carbonyl (C=O) groups excluding carboxylic acids is 1. The number of rotatable bonds is 1. The molecule has 0 aromatic rings. The first-order valence-electron chi connectivity index (χ1n) is 5.88. The van der Waals surface area contributed by atoms with Crippen LogP contribution in [-0.4, -0.2) is 17.6 Å². The average molecular weight is 213 g/mol. The first-order chi connectivity index (χ1) is 6.90. The molecule has 0 spiro atoms. The topological polar surface area (TPSA) is 52.3 Å². The third kappa shape index (κ3) is 4.20. The summed E-state index contributed by atoms with van der Waals surface area (Å²) in [5, 5.41) is 0. The van der Waals surface area contributed by atoms with Crippen LogP contribution in [0.2, 0.25) is 0 Å². The van der Waals surface area contributed by atoms with Gasteiger partial charge < -0.3 is 10.5 Å². The molecule has 3 nitrogen and oxygen atoms in total. The van der Waals surface area contributed by atoms with Gasteiger partial charge in [0.05, 0.1) is 5.92 Å². The Morgan fingerprint density at radius 3 is 2.40 bits per heavy atom. The van der Waals surface area contributed by atoms with Crippen molar-refractivity contribution in [3.63, 3.8) is 0 Å². The van der Waals surface area contributed by atoms with E-state index in [4.69, 9.17) is 10.5 Å². The Hall–Kier alpha value is -0.570. The van der Waals surface area contributed by atoms with Crippen LogP contribution >= 0.6 is 0 Å². The molecular formula is C12H23NO2. The van der Waals surface area contributed by atoms with Gasteiger partial charge in [-0.2, -0.15) is 0 Å². The van der Waals surface area contributed by atoms with E-state index in [2.05, 4.69) is 0 Å². The molecule has 0 heterocycles. The molecule has 0 bridgehead atoms. The second-order valence-corrected chi connectivity index (χ2v) is 5.44. The van der Waals surface area contributed by atoms with Crippen molar-refractivity contribution >= 4 is 5.97 Å². The molecule has 0 aromatic heterocycles. The molecule has 1 aliphatic rings. The molecule has 0 saturated heterocycles. The molecule has 1 aliphatic carbocycles. The van der Waals surface area contributed by atoms with E-state index in [-0.39, 0.29) is 17.9 Å². The van der Waals surface area contributed by atoms with Gasteiger partial charge in [0.2, 0.25) is 0 Å². The number of nitrogens with two attached hydrogens (primary N) is 1. The second kappa shape index (κ2) is 4.97. The number of carbonyl (C=O) groups is 1. The normalized spacial score (nSPS) is 28.3. The van der Waals surface area contributed by atoms with Crippen molar-refractivity contribution in [3.8, 4) is 0 Å². The molecule has 0 unspecified atom stereocenters. The highest BCUT2D eigenvalue weighted by atomic mass is 16.6. The summed E-state index contributed by atoms with van der Waals surface area (Å²) >= 11 is 0. The molecule has 0 amide bonds. The molecule has 0 aliphatic heterocycles. The largest absolute Gasteiger partial charge is 0.460 e. The third-order valence-corrected chi connectivity index (χ3v) is 2.78. The standard InChI is InChI=1S/C12H23NO2/c1-12(2,3)15-11(14)9-7-5-4-6-8-10(9)13/h9-10H,4-8,13H2,1-3H3/t9-,10+/m0/s1. The Balaban J connectivity index is 2.56. The van der Waals surface area contributed by atoms with Crippen LogP contribution in [-0.2, 0) is 9.53 Å². The highest BCUT2D eigenvalue weighted by molar-refractivity contribution is 5.73. The van der Waals surface area contributed by atoms with Gasteiger partial charge in [0.15, 0.2) is 0 Å². The van der Waals surface area contributed by atoms with E-state index in [1.54, 1.807) is 0 Å². The van der Waals surface area contributed by atoms with Crippen molar-refractivity contribution in [2.45, 2.75) is 64.5 Å². The van der Waals surface area contributed by atoms with E-state index in [0.717, 1.165) is 25.7 Å². The predicted molar refractivity (Wildman–Crippen MR) is 60.4 cm³/mol. The van der Waals surface area contributed by atoms with Crippen molar-refractivity contribution in [2.24, 2.45) is 11.7 Å². The highest BCUT2D eigenvalue weighted by Gasteiger charge is 2.30. The van der Waals surface area contributed by atoms with Gasteiger partial charge in [-0.05, 0) is 33.6 Å². The smallest absolute Gasteiger partial charge is 0.311 e. The van der Waals surface area contributed by atoms with Crippen LogP contribution in [0.25, 0.3) is 0 Å². The molecular weight excluding hydrogens is 190 g/mol. The maximum absolute atomic E-state index is 11.9. The molecule has 0 aromatic carbocycles. The van der Waals surface area contributed by atoms with Crippen molar-refractivity contribution in [2.75, 3.05) is 0 Å². The van der Waals surface area contributed by atoms with Gasteiger partial charge in [0.1, 0.15) is 5.60 Å². The number of ether oxygens (including phenoxy) is 1. The minimum absolute atomic E-state index is 0.0117. The van der Waals surface area contributed by atoms with Crippen LogP contribution in [0.15, 0.2) is 0 Å². The van der Waals surface area contributed by atoms with Gasteiger partial charge in [0, 0.05) is 6.04 Å². The van der Waals surface area contributed by atoms with Gasteiger partial charge in [-0.15, -0.1) is 0 Å². The minimum Gasteiger partial charge on any atom is -0.460 e. The first kappa shape index (κ1) is 12.5. The highest BCUT2D eigenvalue weighted by Crippen LogP contribution is 2.24. The molecule has 1 fully saturated rings. The second-order valence-electron chi connectivity index (χ2n) is 5.44. The Morgan fingerprint density at radius 2 is 1.80 bits per heavy atom. The number of esters is 1.